The Bertz CT molecular complexity index is 3100. The molecule has 3 amide bonds. The maximum absolute atomic E-state index is 14.2. The minimum atomic E-state index is -0.587. The van der Waals surface area contributed by atoms with E-state index in [9.17, 15) is 28.8 Å². The van der Waals surface area contributed by atoms with Crippen molar-refractivity contribution in [2.45, 2.75) is 128 Å². The van der Waals surface area contributed by atoms with Gasteiger partial charge in [0.05, 0.1) is 95.2 Å². The van der Waals surface area contributed by atoms with Crippen LogP contribution in [0.5, 0.6) is 5.75 Å². The van der Waals surface area contributed by atoms with E-state index in [4.69, 9.17) is 38.6 Å². The van der Waals surface area contributed by atoms with Gasteiger partial charge in [-0.15, -0.1) is 11.3 Å². The molecule has 0 radical (unpaired) electrons. The number of aromatic nitrogens is 5. The molecule has 22 heteroatoms. The summed E-state index contributed by atoms with van der Waals surface area (Å²) < 4.78 is 30.3. The van der Waals surface area contributed by atoms with Gasteiger partial charge in [-0.2, -0.15) is 0 Å². The van der Waals surface area contributed by atoms with E-state index in [1.807, 2.05) is 28.1 Å². The fourth-order valence-corrected chi connectivity index (χ4v) is 12.8. The van der Waals surface area contributed by atoms with E-state index >= 15 is 0 Å². The van der Waals surface area contributed by atoms with Crippen LogP contribution in [0.4, 0.5) is 5.69 Å². The molecule has 3 atom stereocenters. The van der Waals surface area contributed by atoms with E-state index in [2.05, 4.69) is 20.5 Å². The summed E-state index contributed by atoms with van der Waals surface area (Å²) in [5, 5.41) is 9.28. The summed E-state index contributed by atoms with van der Waals surface area (Å²) in [5.41, 5.74) is 3.71. The molecule has 2 saturated carbocycles. The van der Waals surface area contributed by atoms with E-state index in [1.165, 1.54) is 18.3 Å². The largest absolute Gasteiger partial charge is 0.491 e. The quantitative estimate of drug-likeness (QED) is 0.0378. The van der Waals surface area contributed by atoms with Crippen molar-refractivity contribution in [3.05, 3.63) is 103 Å². The number of aryl methyl sites for hydroxylation is 1. The van der Waals surface area contributed by atoms with Gasteiger partial charge in [0.15, 0.2) is 5.78 Å². The summed E-state index contributed by atoms with van der Waals surface area (Å²) in [6.45, 7) is 11.4. The number of rotatable bonds is 29. The number of hydrogen-bond acceptors (Lipinski definition) is 18. The standard InChI is InChI=1S/C62H82N10O11S/c1-41-50-39-65-53(67-58(50)72(47-15-8-9-16-47)61(77)55(41)43(3)73)37-46-19-20-48(38-64-46)69-23-25-70(26-24-69)54(74)21-27-79-28-29-80-30-31-81-32-33-82-34-35-83-49-17-10-14-45(36-49)57(75)51-40-84-60(66-51)52-18-11-22-71(52)62(78)56(44-12-6-5-7-13-44)68-59(76)42(2)63-4/h10,14,17,19-20,36,38-40,42,44,47,52,56,63H,5-9,11-13,15-16,18,21-35,37H2,1-4H3,(H,68,76)/t42-,52-,56-/m0/s1. The Morgan fingerprint density at radius 3 is 2.13 bits per heavy atom. The predicted molar refractivity (Wildman–Crippen MR) is 318 cm³/mol. The van der Waals surface area contributed by atoms with Gasteiger partial charge in [-0.3, -0.25) is 38.3 Å². The minimum Gasteiger partial charge on any atom is -0.491 e. The van der Waals surface area contributed by atoms with Gasteiger partial charge in [-0.05, 0) is 102 Å². The Balaban J connectivity index is 0.599. The number of likely N-dealkylation sites (N-methyl/N-ethyl adjacent to an activating group) is 1. The van der Waals surface area contributed by atoms with Gasteiger partial charge in [0.25, 0.3) is 5.56 Å². The first-order valence-electron chi connectivity index (χ1n) is 30.1. The van der Waals surface area contributed by atoms with Crippen molar-refractivity contribution >= 4 is 57.3 Å². The van der Waals surface area contributed by atoms with Crippen LogP contribution in [0.15, 0.2) is 59.0 Å². The molecule has 2 N–H and O–H groups in total. The molecule has 4 fully saturated rings. The summed E-state index contributed by atoms with van der Waals surface area (Å²) in [6.07, 6.45) is 14.7. The first kappa shape index (κ1) is 62.0. The van der Waals surface area contributed by atoms with Crippen LogP contribution in [0.25, 0.3) is 11.0 Å². The molecule has 9 rings (SSSR count). The number of nitrogens with zero attached hydrogens (tertiary/aromatic N) is 8. The van der Waals surface area contributed by atoms with Crippen molar-refractivity contribution < 1.29 is 47.7 Å². The second kappa shape index (κ2) is 30.5. The molecule has 21 nitrogen and oxygen atoms in total. The van der Waals surface area contributed by atoms with Gasteiger partial charge < -0.3 is 49.0 Å². The zero-order chi connectivity index (χ0) is 59.0. The van der Waals surface area contributed by atoms with Crippen LogP contribution in [-0.4, -0.2) is 175 Å². The van der Waals surface area contributed by atoms with Crippen LogP contribution in [0.3, 0.4) is 0 Å². The molecule has 452 valence electrons. The molecular formula is C62H82N10O11S. The highest BCUT2D eigenvalue weighted by atomic mass is 32.1. The lowest BCUT2D eigenvalue weighted by atomic mass is 9.83. The van der Waals surface area contributed by atoms with Crippen molar-refractivity contribution in [1.82, 2.24) is 44.9 Å². The lowest BCUT2D eigenvalue weighted by molar-refractivity contribution is -0.139. The lowest BCUT2D eigenvalue weighted by Crippen LogP contribution is -2.55. The molecule has 0 bridgehead atoms. The Morgan fingerprint density at radius 2 is 1.45 bits per heavy atom. The Hall–Kier alpha value is -6.56. The van der Waals surface area contributed by atoms with Gasteiger partial charge in [-0.1, -0.05) is 44.2 Å². The first-order chi connectivity index (χ1) is 40.9. The van der Waals surface area contributed by atoms with Crippen LogP contribution in [0, 0.1) is 12.8 Å². The predicted octanol–water partition coefficient (Wildman–Crippen LogP) is 6.61. The van der Waals surface area contributed by atoms with Crippen molar-refractivity contribution in [2.24, 2.45) is 5.92 Å². The van der Waals surface area contributed by atoms with Gasteiger partial charge in [-0.25, -0.2) is 15.0 Å². The third-order valence-electron chi connectivity index (χ3n) is 16.7. The topological polar surface area (TPSA) is 239 Å². The fraction of sp³-hybridized carbons (Fsp3) is 0.581. The lowest BCUT2D eigenvalue weighted by Gasteiger charge is -2.36. The number of Topliss-reactive ketones (excluding diaryl/α,β-unsaturated/α-hetero) is 1. The molecule has 84 heavy (non-hydrogen) atoms. The maximum atomic E-state index is 14.2. The number of carbonyl (C=O) groups is 5. The fourth-order valence-electron chi connectivity index (χ4n) is 11.9. The Morgan fingerprint density at radius 1 is 0.762 bits per heavy atom. The molecule has 5 aromatic rings. The number of piperazine rings is 1. The highest BCUT2D eigenvalue weighted by Crippen LogP contribution is 2.37. The molecule has 2 saturated heterocycles. The van der Waals surface area contributed by atoms with Crippen molar-refractivity contribution in [1.29, 1.82) is 0 Å². The number of thiazole rings is 1. The number of benzene rings is 1. The summed E-state index contributed by atoms with van der Waals surface area (Å²) in [7, 11) is 1.73. The number of hydrogen-bond donors (Lipinski definition) is 2. The van der Waals surface area contributed by atoms with Gasteiger partial charge in [0.1, 0.15) is 40.6 Å². The van der Waals surface area contributed by atoms with Crippen LogP contribution >= 0.6 is 11.3 Å². The SMILES string of the molecule is CN[C@@H](C)C(=O)N[C@H](C(=O)N1CCC[C@H]1c1nc(C(=O)c2cccc(OCCOCCOCCOCCOCCC(=O)N3CCN(c4ccc(Cc5ncc6c(C)c(C(C)=O)c(=O)n(C7CCCC7)c6n5)nc4)CC3)c2)cs1)C1CCCCC1. The highest BCUT2D eigenvalue weighted by molar-refractivity contribution is 7.10. The van der Waals surface area contributed by atoms with Crippen molar-refractivity contribution in [3.8, 4) is 5.75 Å². The number of amides is 3. The number of carbonyl (C=O) groups excluding carboxylic acids is 5. The number of ether oxygens (including phenoxy) is 5. The van der Waals surface area contributed by atoms with Gasteiger partial charge in [0.2, 0.25) is 23.5 Å². The van der Waals surface area contributed by atoms with E-state index in [0.717, 1.165) is 92.4 Å². The summed E-state index contributed by atoms with van der Waals surface area (Å²) in [6, 6.07) is 9.77. The maximum Gasteiger partial charge on any atom is 0.263 e. The third kappa shape index (κ3) is 15.8. The second-order valence-corrected chi connectivity index (χ2v) is 23.2. The zero-order valence-corrected chi connectivity index (χ0v) is 50.0. The Kier molecular flexibility index (Phi) is 22.5. The highest BCUT2D eigenvalue weighted by Gasteiger charge is 2.40. The average molecular weight is 1180 g/mol. The molecule has 0 spiro atoms. The number of fused-ring (bicyclic) bond motifs is 1. The monoisotopic (exact) mass is 1170 g/mol. The summed E-state index contributed by atoms with van der Waals surface area (Å²) in [5.74, 6) is 0.537. The van der Waals surface area contributed by atoms with Crippen LogP contribution in [0.2, 0.25) is 0 Å². The van der Waals surface area contributed by atoms with Crippen molar-refractivity contribution in [3.63, 3.8) is 0 Å². The van der Waals surface area contributed by atoms with Gasteiger partial charge in [0, 0.05) is 67.0 Å². The molecular weight excluding hydrogens is 1090 g/mol. The molecule has 4 aromatic heterocycles. The Labute approximate surface area is 495 Å². The first-order valence-corrected chi connectivity index (χ1v) is 31.0. The van der Waals surface area contributed by atoms with E-state index in [0.29, 0.717) is 132 Å². The summed E-state index contributed by atoms with van der Waals surface area (Å²) >= 11 is 1.39. The van der Waals surface area contributed by atoms with E-state index in [1.54, 1.807) is 61.3 Å². The zero-order valence-electron chi connectivity index (χ0n) is 49.2. The molecule has 2 aliphatic carbocycles. The van der Waals surface area contributed by atoms with E-state index in [-0.39, 0.29) is 65.0 Å². The minimum absolute atomic E-state index is 0.0154. The number of ketones is 2. The van der Waals surface area contributed by atoms with Crippen LogP contribution in [-0.2, 0) is 39.8 Å². The third-order valence-corrected chi connectivity index (χ3v) is 17.6. The van der Waals surface area contributed by atoms with Crippen molar-refractivity contribution in [2.75, 3.05) is 104 Å². The van der Waals surface area contributed by atoms with Crippen LogP contribution < -0.4 is 25.8 Å². The normalized spacial score (nSPS) is 17.7. The number of likely N-dealkylation sites (tertiary alicyclic amines) is 1. The summed E-state index contributed by atoms with van der Waals surface area (Å²) in [4.78, 5) is 105. The van der Waals surface area contributed by atoms with Gasteiger partial charge >= 0.3 is 0 Å². The second-order valence-electron chi connectivity index (χ2n) is 22.3. The molecule has 0 unspecified atom stereocenters. The molecule has 1 aromatic carbocycles. The number of anilines is 1. The number of pyridine rings is 2. The van der Waals surface area contributed by atoms with E-state index < -0.39 is 12.1 Å². The van der Waals surface area contributed by atoms with Crippen LogP contribution in [0.1, 0.15) is 151 Å². The molecule has 4 aliphatic rings. The average Bonchev–Trinajstić information content (AvgIpc) is 1.43. The molecule has 6 heterocycles. The smallest absolute Gasteiger partial charge is 0.263 e. The number of nitrogens with one attached hydrogen (secondary N) is 2. The molecule has 2 aliphatic heterocycles.